The van der Waals surface area contributed by atoms with Crippen LogP contribution in [0.25, 0.3) is 0 Å². The molecule has 0 saturated carbocycles. The molecule has 0 aromatic carbocycles. The van der Waals surface area contributed by atoms with Gasteiger partial charge in [-0.25, -0.2) is 0 Å². The van der Waals surface area contributed by atoms with Gasteiger partial charge in [-0.05, 0) is 19.4 Å². The maximum atomic E-state index is 11.7. The van der Waals surface area contributed by atoms with Crippen LogP contribution in [0.1, 0.15) is 25.7 Å². The first-order valence-corrected chi connectivity index (χ1v) is 5.91. The Morgan fingerprint density at radius 2 is 2.29 bits per heavy atom. The highest BCUT2D eigenvalue weighted by Gasteiger charge is 2.37. The second-order valence-electron chi connectivity index (χ2n) is 4.61. The summed E-state index contributed by atoms with van der Waals surface area (Å²) in [7, 11) is 1.44. The molecule has 2 heterocycles. The fourth-order valence-corrected chi connectivity index (χ4v) is 2.28. The van der Waals surface area contributed by atoms with Crippen LogP contribution in [0.4, 0.5) is 0 Å². The number of likely N-dealkylation sites (N-methyl/N-ethyl adjacent to an activating group) is 1. The molecule has 2 N–H and O–H groups in total. The van der Waals surface area contributed by atoms with E-state index in [0.29, 0.717) is 6.42 Å². The highest BCUT2D eigenvalue weighted by atomic mass is 16.2. The molecule has 0 radical (unpaired) electrons. The van der Waals surface area contributed by atoms with Crippen LogP contribution in [0.15, 0.2) is 0 Å². The summed E-state index contributed by atoms with van der Waals surface area (Å²) < 4.78 is 0. The van der Waals surface area contributed by atoms with Crippen molar-refractivity contribution in [3.63, 3.8) is 0 Å². The van der Waals surface area contributed by atoms with Gasteiger partial charge >= 0.3 is 0 Å². The molecule has 17 heavy (non-hydrogen) atoms. The Morgan fingerprint density at radius 3 is 2.82 bits per heavy atom. The smallest absolute Gasteiger partial charge is 0.252 e. The van der Waals surface area contributed by atoms with Crippen LogP contribution in [0.3, 0.4) is 0 Å². The largest absolute Gasteiger partial charge is 0.344 e. The van der Waals surface area contributed by atoms with Crippen LogP contribution in [0.2, 0.25) is 0 Å². The first-order chi connectivity index (χ1) is 8.08. The summed E-state index contributed by atoms with van der Waals surface area (Å²) >= 11 is 0. The summed E-state index contributed by atoms with van der Waals surface area (Å²) in [5.74, 6) is -0.715. The summed E-state index contributed by atoms with van der Waals surface area (Å²) in [4.78, 5) is 35.6. The van der Waals surface area contributed by atoms with Crippen molar-refractivity contribution < 1.29 is 14.4 Å². The van der Waals surface area contributed by atoms with Crippen LogP contribution in [0.5, 0.6) is 0 Å². The molecule has 2 atom stereocenters. The van der Waals surface area contributed by atoms with Crippen LogP contribution in [-0.2, 0) is 14.4 Å². The van der Waals surface area contributed by atoms with Crippen molar-refractivity contribution in [2.24, 2.45) is 0 Å². The van der Waals surface area contributed by atoms with Crippen molar-refractivity contribution in [2.45, 2.75) is 37.8 Å². The van der Waals surface area contributed by atoms with Gasteiger partial charge in [-0.15, -0.1) is 0 Å². The standard InChI is InChI=1S/C11H17N3O3/c1-14-10(16)6-8(11(14)17)13-9(15)5-7-3-2-4-12-7/h7-8,12H,2-6H2,1H3,(H,13,15). The number of hydrogen-bond donors (Lipinski definition) is 2. The van der Waals surface area contributed by atoms with Crippen molar-refractivity contribution in [2.75, 3.05) is 13.6 Å². The van der Waals surface area contributed by atoms with Crippen LogP contribution in [-0.4, -0.2) is 48.3 Å². The minimum absolute atomic E-state index is 0.0825. The van der Waals surface area contributed by atoms with Crippen molar-refractivity contribution in [1.82, 2.24) is 15.5 Å². The minimum Gasteiger partial charge on any atom is -0.344 e. The Kier molecular flexibility index (Phi) is 3.42. The fraction of sp³-hybridized carbons (Fsp3) is 0.727. The molecular weight excluding hydrogens is 222 g/mol. The molecule has 2 aliphatic rings. The highest BCUT2D eigenvalue weighted by molar-refractivity contribution is 6.06. The van der Waals surface area contributed by atoms with E-state index in [2.05, 4.69) is 10.6 Å². The van der Waals surface area contributed by atoms with Gasteiger partial charge in [0.1, 0.15) is 6.04 Å². The van der Waals surface area contributed by atoms with Gasteiger partial charge in [0.05, 0.1) is 6.42 Å². The van der Waals surface area contributed by atoms with E-state index in [9.17, 15) is 14.4 Å². The normalized spacial score (nSPS) is 28.9. The van der Waals surface area contributed by atoms with E-state index in [1.807, 2.05) is 0 Å². The van der Waals surface area contributed by atoms with E-state index in [0.717, 1.165) is 24.3 Å². The van der Waals surface area contributed by atoms with Gasteiger partial charge in [0.2, 0.25) is 11.8 Å². The average Bonchev–Trinajstić information content (AvgIpc) is 2.85. The number of rotatable bonds is 3. The Bertz CT molecular complexity index is 350. The lowest BCUT2D eigenvalue weighted by Gasteiger charge is -2.13. The predicted molar refractivity (Wildman–Crippen MR) is 60.0 cm³/mol. The number of likely N-dealkylation sites (tertiary alicyclic amines) is 1. The van der Waals surface area contributed by atoms with E-state index >= 15 is 0 Å². The highest BCUT2D eigenvalue weighted by Crippen LogP contribution is 2.12. The molecule has 0 aliphatic carbocycles. The van der Waals surface area contributed by atoms with E-state index in [1.165, 1.54) is 7.05 Å². The predicted octanol–water partition coefficient (Wildman–Crippen LogP) is -0.998. The van der Waals surface area contributed by atoms with Gasteiger partial charge in [-0.3, -0.25) is 19.3 Å². The van der Waals surface area contributed by atoms with Crippen molar-refractivity contribution in [1.29, 1.82) is 0 Å². The number of nitrogens with zero attached hydrogens (tertiary/aromatic N) is 1. The third-order valence-electron chi connectivity index (χ3n) is 3.31. The molecule has 94 valence electrons. The van der Waals surface area contributed by atoms with Crippen molar-refractivity contribution in [3.05, 3.63) is 0 Å². The van der Waals surface area contributed by atoms with Crippen LogP contribution >= 0.6 is 0 Å². The first kappa shape index (κ1) is 12.0. The summed E-state index contributed by atoms with van der Waals surface area (Å²) in [6.45, 7) is 0.946. The molecule has 2 rings (SSSR count). The van der Waals surface area contributed by atoms with Gasteiger partial charge in [-0.1, -0.05) is 0 Å². The van der Waals surface area contributed by atoms with Crippen molar-refractivity contribution >= 4 is 17.7 Å². The molecule has 0 aromatic heterocycles. The Hall–Kier alpha value is -1.43. The molecular formula is C11H17N3O3. The molecule has 6 nitrogen and oxygen atoms in total. The summed E-state index contributed by atoms with van der Waals surface area (Å²) in [6.07, 6.45) is 2.53. The molecule has 0 bridgehead atoms. The number of amides is 3. The Labute approximate surface area is 99.7 Å². The fourth-order valence-electron chi connectivity index (χ4n) is 2.28. The van der Waals surface area contributed by atoms with Gasteiger partial charge < -0.3 is 10.6 Å². The van der Waals surface area contributed by atoms with Gasteiger partial charge in [0.15, 0.2) is 0 Å². The zero-order valence-electron chi connectivity index (χ0n) is 9.86. The molecule has 2 fully saturated rings. The molecule has 2 aliphatic heterocycles. The maximum Gasteiger partial charge on any atom is 0.252 e. The third kappa shape index (κ3) is 2.63. The topological polar surface area (TPSA) is 78.5 Å². The van der Waals surface area contributed by atoms with Gasteiger partial charge in [0.25, 0.3) is 5.91 Å². The summed E-state index contributed by atoms with van der Waals surface area (Å²) in [5, 5.41) is 5.84. The maximum absolute atomic E-state index is 11.7. The van der Waals surface area contributed by atoms with E-state index in [-0.39, 0.29) is 30.2 Å². The number of nitrogens with one attached hydrogen (secondary N) is 2. The minimum atomic E-state index is -0.665. The first-order valence-electron chi connectivity index (χ1n) is 5.91. The third-order valence-corrected chi connectivity index (χ3v) is 3.31. The second kappa shape index (κ2) is 4.83. The molecule has 6 heteroatoms. The molecule has 2 saturated heterocycles. The van der Waals surface area contributed by atoms with Gasteiger partial charge in [-0.2, -0.15) is 0 Å². The van der Waals surface area contributed by atoms with Gasteiger partial charge in [0, 0.05) is 19.5 Å². The zero-order valence-corrected chi connectivity index (χ0v) is 9.86. The number of imide groups is 1. The lowest BCUT2D eigenvalue weighted by atomic mass is 10.1. The number of carbonyl (C=O) groups excluding carboxylic acids is 3. The van der Waals surface area contributed by atoms with E-state index in [4.69, 9.17) is 0 Å². The Morgan fingerprint density at radius 1 is 1.53 bits per heavy atom. The SMILES string of the molecule is CN1C(=O)CC(NC(=O)CC2CCCN2)C1=O. The number of hydrogen-bond acceptors (Lipinski definition) is 4. The number of carbonyl (C=O) groups is 3. The molecule has 0 aromatic rings. The lowest BCUT2D eigenvalue weighted by Crippen LogP contribution is -2.42. The molecule has 0 spiro atoms. The van der Waals surface area contributed by atoms with E-state index in [1.54, 1.807) is 0 Å². The van der Waals surface area contributed by atoms with Crippen LogP contribution < -0.4 is 10.6 Å². The summed E-state index contributed by atoms with van der Waals surface area (Å²) in [5.41, 5.74) is 0. The quantitative estimate of drug-likeness (QED) is 0.619. The monoisotopic (exact) mass is 239 g/mol. The zero-order chi connectivity index (χ0) is 12.4. The average molecular weight is 239 g/mol. The lowest BCUT2D eigenvalue weighted by molar-refractivity contribution is -0.138. The Balaban J connectivity index is 1.82. The van der Waals surface area contributed by atoms with Crippen molar-refractivity contribution in [3.8, 4) is 0 Å². The molecule has 3 amide bonds. The van der Waals surface area contributed by atoms with E-state index < -0.39 is 6.04 Å². The second-order valence-corrected chi connectivity index (χ2v) is 4.61. The van der Waals surface area contributed by atoms with Crippen LogP contribution in [0, 0.1) is 0 Å². The summed E-state index contributed by atoms with van der Waals surface area (Å²) in [6, 6.07) is -0.457. The molecule has 2 unspecified atom stereocenters.